The molecule has 0 fully saturated rings. The van der Waals surface area contributed by atoms with E-state index in [1.807, 2.05) is 24.3 Å². The maximum atomic E-state index is 8.91. The summed E-state index contributed by atoms with van der Waals surface area (Å²) in [7, 11) is 1.71. The van der Waals surface area contributed by atoms with Gasteiger partial charge in [-0.3, -0.25) is 4.99 Å². The highest BCUT2D eigenvalue weighted by Gasteiger charge is 2.08. The van der Waals surface area contributed by atoms with Crippen LogP contribution in [-0.2, 0) is 13.1 Å². The lowest BCUT2D eigenvalue weighted by Crippen LogP contribution is -2.36. The Morgan fingerprint density at radius 2 is 2.04 bits per heavy atom. The minimum absolute atomic E-state index is 0. The molecule has 0 spiro atoms. The highest BCUT2D eigenvalue weighted by molar-refractivity contribution is 14.0. The van der Waals surface area contributed by atoms with Gasteiger partial charge in [-0.25, -0.2) is 0 Å². The SMILES string of the molecule is CN=C(NCc1cccc(C#N)c1)NCc1cc(C(C)C)no1.I. The standard InChI is InChI=1S/C17H21N5O.HI/c1-12(2)16-8-15(23-22-16)11-21-17(19-3)20-10-14-6-4-5-13(7-14)9-18;/h4-8,12H,10-11H2,1-3H3,(H2,19,20,21);1H. The van der Waals surface area contributed by atoms with Crippen LogP contribution in [0.3, 0.4) is 0 Å². The zero-order chi connectivity index (χ0) is 16.7. The van der Waals surface area contributed by atoms with Crippen LogP contribution in [0.15, 0.2) is 39.8 Å². The summed E-state index contributed by atoms with van der Waals surface area (Å²) in [6.45, 7) is 5.25. The summed E-state index contributed by atoms with van der Waals surface area (Å²) in [5.41, 5.74) is 2.61. The summed E-state index contributed by atoms with van der Waals surface area (Å²) in [6, 6.07) is 11.6. The monoisotopic (exact) mass is 439 g/mol. The van der Waals surface area contributed by atoms with Gasteiger partial charge in [0.2, 0.25) is 0 Å². The Morgan fingerprint density at radius 3 is 2.67 bits per heavy atom. The van der Waals surface area contributed by atoms with Crippen molar-refractivity contribution < 1.29 is 4.52 Å². The number of hydrogen-bond acceptors (Lipinski definition) is 4. The van der Waals surface area contributed by atoms with E-state index in [1.165, 1.54) is 0 Å². The van der Waals surface area contributed by atoms with Gasteiger partial charge in [0.05, 0.1) is 23.9 Å². The predicted molar refractivity (Wildman–Crippen MR) is 104 cm³/mol. The van der Waals surface area contributed by atoms with Gasteiger partial charge in [-0.2, -0.15) is 5.26 Å². The zero-order valence-corrected chi connectivity index (χ0v) is 16.4. The molecule has 0 aliphatic carbocycles. The fourth-order valence-corrected chi connectivity index (χ4v) is 2.01. The van der Waals surface area contributed by atoms with Crippen LogP contribution in [0, 0.1) is 11.3 Å². The number of nitrogens with one attached hydrogen (secondary N) is 2. The zero-order valence-electron chi connectivity index (χ0n) is 14.0. The molecule has 2 rings (SSSR count). The van der Waals surface area contributed by atoms with Crippen molar-refractivity contribution >= 4 is 29.9 Å². The maximum absolute atomic E-state index is 8.91. The number of aliphatic imine (C=N–C) groups is 1. The molecule has 0 atom stereocenters. The third-order valence-corrected chi connectivity index (χ3v) is 3.34. The molecule has 0 unspecified atom stereocenters. The van der Waals surface area contributed by atoms with Crippen molar-refractivity contribution in [2.75, 3.05) is 7.05 Å². The van der Waals surface area contributed by atoms with Crippen LogP contribution in [0.4, 0.5) is 0 Å². The number of rotatable bonds is 5. The lowest BCUT2D eigenvalue weighted by atomic mass is 10.1. The van der Waals surface area contributed by atoms with Gasteiger partial charge in [-0.15, -0.1) is 24.0 Å². The second kappa shape index (κ2) is 9.93. The van der Waals surface area contributed by atoms with Crippen LogP contribution in [0.1, 0.15) is 42.3 Å². The van der Waals surface area contributed by atoms with Gasteiger partial charge in [0.1, 0.15) is 0 Å². The summed E-state index contributed by atoms with van der Waals surface area (Å²) in [6.07, 6.45) is 0. The Labute approximate surface area is 159 Å². The van der Waals surface area contributed by atoms with Crippen LogP contribution in [0.5, 0.6) is 0 Å². The number of aromatic nitrogens is 1. The van der Waals surface area contributed by atoms with E-state index in [1.54, 1.807) is 13.1 Å². The van der Waals surface area contributed by atoms with Crippen molar-refractivity contribution in [3.05, 3.63) is 52.9 Å². The summed E-state index contributed by atoms with van der Waals surface area (Å²) in [5.74, 6) is 1.77. The minimum Gasteiger partial charge on any atom is -0.359 e. The number of benzene rings is 1. The summed E-state index contributed by atoms with van der Waals surface area (Å²) >= 11 is 0. The lowest BCUT2D eigenvalue weighted by molar-refractivity contribution is 0.372. The molecule has 6 nitrogen and oxygen atoms in total. The Kier molecular flexibility index (Phi) is 8.26. The van der Waals surface area contributed by atoms with Gasteiger partial charge in [0.25, 0.3) is 0 Å². The molecule has 0 saturated heterocycles. The van der Waals surface area contributed by atoms with Gasteiger partial charge < -0.3 is 15.2 Å². The van der Waals surface area contributed by atoms with Crippen molar-refractivity contribution in [3.63, 3.8) is 0 Å². The van der Waals surface area contributed by atoms with Gasteiger partial charge in [0.15, 0.2) is 11.7 Å². The molecule has 128 valence electrons. The van der Waals surface area contributed by atoms with Crippen molar-refractivity contribution in [1.82, 2.24) is 15.8 Å². The van der Waals surface area contributed by atoms with Crippen molar-refractivity contribution in [2.24, 2.45) is 4.99 Å². The number of guanidine groups is 1. The quantitative estimate of drug-likeness (QED) is 0.425. The molecule has 0 radical (unpaired) electrons. The molecule has 0 aliphatic rings. The van der Waals surface area contributed by atoms with E-state index in [-0.39, 0.29) is 24.0 Å². The minimum atomic E-state index is 0. The normalized spacial score (nSPS) is 10.9. The first-order valence-corrected chi connectivity index (χ1v) is 7.51. The Bertz CT molecular complexity index is 718. The largest absolute Gasteiger partial charge is 0.359 e. The molecule has 0 saturated carbocycles. The Morgan fingerprint density at radius 1 is 1.29 bits per heavy atom. The fourth-order valence-electron chi connectivity index (χ4n) is 2.01. The third-order valence-electron chi connectivity index (χ3n) is 3.34. The molecule has 24 heavy (non-hydrogen) atoms. The second-order valence-corrected chi connectivity index (χ2v) is 5.46. The number of nitriles is 1. The summed E-state index contributed by atoms with van der Waals surface area (Å²) in [5, 5.41) is 19.3. The first-order valence-electron chi connectivity index (χ1n) is 7.51. The van der Waals surface area contributed by atoms with E-state index in [9.17, 15) is 0 Å². The highest BCUT2D eigenvalue weighted by Crippen LogP contribution is 2.13. The molecular weight excluding hydrogens is 417 g/mol. The average molecular weight is 439 g/mol. The molecule has 0 aliphatic heterocycles. The molecule has 0 amide bonds. The molecule has 7 heteroatoms. The first kappa shape index (κ1) is 20.0. The van der Waals surface area contributed by atoms with Crippen LogP contribution in [0.2, 0.25) is 0 Å². The topological polar surface area (TPSA) is 86.2 Å². The Balaban J connectivity index is 0.00000288. The number of halogens is 1. The summed E-state index contributed by atoms with van der Waals surface area (Å²) < 4.78 is 5.28. The van der Waals surface area contributed by atoms with E-state index in [2.05, 4.69) is 40.7 Å². The highest BCUT2D eigenvalue weighted by atomic mass is 127. The fraction of sp³-hybridized carbons (Fsp3) is 0.353. The average Bonchev–Trinajstić information content (AvgIpc) is 3.04. The van der Waals surface area contributed by atoms with E-state index < -0.39 is 0 Å². The molecule has 2 aromatic rings. The number of nitrogens with zero attached hydrogens (tertiary/aromatic N) is 3. The van der Waals surface area contributed by atoms with Crippen LogP contribution in [-0.4, -0.2) is 18.2 Å². The third kappa shape index (κ3) is 5.85. The van der Waals surface area contributed by atoms with E-state index in [0.717, 1.165) is 17.0 Å². The Hall–Kier alpha value is -2.08. The maximum Gasteiger partial charge on any atom is 0.191 e. The predicted octanol–water partition coefficient (Wildman–Crippen LogP) is 3.15. The molecule has 1 heterocycles. The molecular formula is C17H22IN5O. The van der Waals surface area contributed by atoms with Crippen LogP contribution < -0.4 is 10.6 Å². The van der Waals surface area contributed by atoms with Crippen LogP contribution >= 0.6 is 24.0 Å². The molecule has 2 N–H and O–H groups in total. The van der Waals surface area contributed by atoms with Gasteiger partial charge in [-0.05, 0) is 23.6 Å². The van der Waals surface area contributed by atoms with Gasteiger partial charge in [0, 0.05) is 19.7 Å². The summed E-state index contributed by atoms with van der Waals surface area (Å²) in [4.78, 5) is 4.17. The van der Waals surface area contributed by atoms with Crippen molar-refractivity contribution in [2.45, 2.75) is 32.9 Å². The first-order chi connectivity index (χ1) is 11.1. The van der Waals surface area contributed by atoms with Crippen molar-refractivity contribution in [1.29, 1.82) is 5.26 Å². The van der Waals surface area contributed by atoms with Crippen molar-refractivity contribution in [3.8, 4) is 6.07 Å². The lowest BCUT2D eigenvalue weighted by Gasteiger charge is -2.10. The number of hydrogen-bond donors (Lipinski definition) is 2. The molecule has 1 aromatic heterocycles. The molecule has 0 bridgehead atoms. The van der Waals surface area contributed by atoms with E-state index in [0.29, 0.717) is 30.5 Å². The van der Waals surface area contributed by atoms with E-state index >= 15 is 0 Å². The van der Waals surface area contributed by atoms with Crippen LogP contribution in [0.25, 0.3) is 0 Å². The van der Waals surface area contributed by atoms with E-state index in [4.69, 9.17) is 9.78 Å². The smallest absolute Gasteiger partial charge is 0.191 e. The van der Waals surface area contributed by atoms with Gasteiger partial charge in [-0.1, -0.05) is 31.1 Å². The van der Waals surface area contributed by atoms with Gasteiger partial charge >= 0.3 is 0 Å². The molecule has 1 aromatic carbocycles. The second-order valence-electron chi connectivity index (χ2n) is 5.46.